The predicted octanol–water partition coefficient (Wildman–Crippen LogP) is 2.09. The molecule has 1 amide bonds. The number of hydrogen-bond donors (Lipinski definition) is 3. The first-order chi connectivity index (χ1) is 9.52. The molecule has 7 nitrogen and oxygen atoms in total. The van der Waals surface area contributed by atoms with E-state index >= 15 is 0 Å². The summed E-state index contributed by atoms with van der Waals surface area (Å²) in [5, 5.41) is 14.3. The molecule has 104 valence electrons. The number of aryl methyl sites for hydroxylation is 1. The summed E-state index contributed by atoms with van der Waals surface area (Å²) in [6.45, 7) is 1.66. The smallest absolute Gasteiger partial charge is 0.293 e. The molecule has 0 saturated heterocycles. The van der Waals surface area contributed by atoms with Crippen molar-refractivity contribution in [1.82, 2.24) is 4.98 Å². The van der Waals surface area contributed by atoms with Crippen LogP contribution in [0.1, 0.15) is 21.8 Å². The molecule has 0 radical (unpaired) electrons. The summed E-state index contributed by atoms with van der Waals surface area (Å²) < 4.78 is 5.73. The number of aromatic nitrogens is 1. The molecule has 0 aliphatic rings. The van der Waals surface area contributed by atoms with Crippen molar-refractivity contribution in [2.75, 3.05) is 5.32 Å². The van der Waals surface area contributed by atoms with Crippen LogP contribution < -0.4 is 11.1 Å². The molecule has 0 saturated carbocycles. The lowest BCUT2D eigenvalue weighted by atomic mass is 10.1. The summed E-state index contributed by atoms with van der Waals surface area (Å²) in [4.78, 5) is 15.9. The SMILES string of the molecule is Cc1ncoc1C(=O)Nc1ccc(Br)cc1/C(N)=N/O. The maximum atomic E-state index is 12.0. The van der Waals surface area contributed by atoms with Gasteiger partial charge in [0.25, 0.3) is 5.91 Å². The highest BCUT2D eigenvalue weighted by molar-refractivity contribution is 9.10. The van der Waals surface area contributed by atoms with Crippen molar-refractivity contribution in [2.45, 2.75) is 6.92 Å². The maximum Gasteiger partial charge on any atom is 0.293 e. The molecule has 20 heavy (non-hydrogen) atoms. The van der Waals surface area contributed by atoms with Crippen molar-refractivity contribution in [2.24, 2.45) is 10.9 Å². The molecule has 2 aromatic rings. The minimum Gasteiger partial charge on any atom is -0.438 e. The monoisotopic (exact) mass is 338 g/mol. The molecular formula is C12H11BrN4O3. The van der Waals surface area contributed by atoms with Crippen LogP contribution in [0.5, 0.6) is 0 Å². The molecule has 0 spiro atoms. The lowest BCUT2D eigenvalue weighted by molar-refractivity contribution is 0.0996. The number of nitrogens with two attached hydrogens (primary N) is 1. The number of hydrogen-bond acceptors (Lipinski definition) is 5. The molecule has 0 bridgehead atoms. The molecule has 2 rings (SSSR count). The third kappa shape index (κ3) is 2.80. The van der Waals surface area contributed by atoms with Crippen LogP contribution in [0.2, 0.25) is 0 Å². The standard InChI is InChI=1S/C12H11BrN4O3/c1-6-10(20-5-15-6)12(18)16-9-3-2-7(13)4-8(9)11(14)17-19/h2-5,19H,1H3,(H2,14,17)(H,16,18). The fourth-order valence-electron chi connectivity index (χ4n) is 1.59. The van der Waals surface area contributed by atoms with Crippen molar-refractivity contribution in [3.63, 3.8) is 0 Å². The van der Waals surface area contributed by atoms with Crippen LogP contribution in [0.25, 0.3) is 0 Å². The number of anilines is 1. The predicted molar refractivity (Wildman–Crippen MR) is 75.8 cm³/mol. The number of rotatable bonds is 3. The molecule has 0 aliphatic heterocycles. The van der Waals surface area contributed by atoms with Gasteiger partial charge < -0.3 is 20.7 Å². The first-order valence-corrected chi connectivity index (χ1v) is 6.31. The Morgan fingerprint density at radius 1 is 1.55 bits per heavy atom. The Morgan fingerprint density at radius 2 is 2.30 bits per heavy atom. The third-order valence-corrected chi connectivity index (χ3v) is 3.06. The fraction of sp³-hybridized carbons (Fsp3) is 0.0833. The molecule has 4 N–H and O–H groups in total. The van der Waals surface area contributed by atoms with Gasteiger partial charge >= 0.3 is 0 Å². The average molecular weight is 339 g/mol. The molecule has 0 aliphatic carbocycles. The molecular weight excluding hydrogens is 328 g/mol. The lowest BCUT2D eigenvalue weighted by Crippen LogP contribution is -2.19. The number of carbonyl (C=O) groups is 1. The van der Waals surface area contributed by atoms with Crippen molar-refractivity contribution in [3.05, 3.63) is 46.1 Å². The molecule has 1 heterocycles. The number of halogens is 1. The van der Waals surface area contributed by atoms with Crippen LogP contribution >= 0.6 is 15.9 Å². The first-order valence-electron chi connectivity index (χ1n) is 5.52. The zero-order valence-corrected chi connectivity index (χ0v) is 12.0. The number of amides is 1. The number of oxime groups is 1. The number of amidine groups is 1. The van der Waals surface area contributed by atoms with Gasteiger partial charge in [0.2, 0.25) is 5.76 Å². The molecule has 1 aromatic carbocycles. The van der Waals surface area contributed by atoms with E-state index in [1.54, 1.807) is 25.1 Å². The highest BCUT2D eigenvalue weighted by Gasteiger charge is 2.17. The molecule has 0 atom stereocenters. The minimum absolute atomic E-state index is 0.110. The first kappa shape index (κ1) is 14.1. The summed E-state index contributed by atoms with van der Waals surface area (Å²) in [5.41, 5.74) is 6.83. The number of nitrogens with zero attached hydrogens (tertiary/aromatic N) is 2. The van der Waals surface area contributed by atoms with Gasteiger partial charge in [0, 0.05) is 10.0 Å². The number of oxazole rings is 1. The number of nitrogens with one attached hydrogen (secondary N) is 1. The van der Waals surface area contributed by atoms with Gasteiger partial charge in [-0.1, -0.05) is 21.1 Å². The van der Waals surface area contributed by atoms with Gasteiger partial charge in [-0.3, -0.25) is 4.79 Å². The van der Waals surface area contributed by atoms with E-state index in [0.29, 0.717) is 16.9 Å². The van der Waals surface area contributed by atoms with Gasteiger partial charge in [-0.05, 0) is 25.1 Å². The zero-order valence-electron chi connectivity index (χ0n) is 10.4. The Balaban J connectivity index is 2.35. The Morgan fingerprint density at radius 3 is 2.90 bits per heavy atom. The molecule has 0 fully saturated rings. The quantitative estimate of drug-likeness (QED) is 0.343. The molecule has 1 aromatic heterocycles. The van der Waals surface area contributed by atoms with Crippen LogP contribution in [-0.4, -0.2) is 21.9 Å². The van der Waals surface area contributed by atoms with Gasteiger partial charge in [0.15, 0.2) is 12.2 Å². The van der Waals surface area contributed by atoms with Gasteiger partial charge in [0.1, 0.15) is 0 Å². The second-order valence-electron chi connectivity index (χ2n) is 3.90. The molecule has 0 unspecified atom stereocenters. The van der Waals surface area contributed by atoms with E-state index in [1.807, 2.05) is 0 Å². The maximum absolute atomic E-state index is 12.0. The summed E-state index contributed by atoms with van der Waals surface area (Å²) in [7, 11) is 0. The van der Waals surface area contributed by atoms with Crippen molar-refractivity contribution in [1.29, 1.82) is 0 Å². The normalized spacial score (nSPS) is 11.4. The van der Waals surface area contributed by atoms with Crippen molar-refractivity contribution < 1.29 is 14.4 Å². The summed E-state index contributed by atoms with van der Waals surface area (Å²) in [5.74, 6) is -0.469. The second kappa shape index (κ2) is 5.74. The third-order valence-electron chi connectivity index (χ3n) is 2.57. The van der Waals surface area contributed by atoms with Crippen LogP contribution in [0, 0.1) is 6.92 Å². The second-order valence-corrected chi connectivity index (χ2v) is 4.81. The van der Waals surface area contributed by atoms with Crippen molar-refractivity contribution >= 4 is 33.4 Å². The van der Waals surface area contributed by atoms with E-state index in [0.717, 1.165) is 4.47 Å². The van der Waals surface area contributed by atoms with Crippen LogP contribution in [-0.2, 0) is 0 Å². The van der Waals surface area contributed by atoms with E-state index in [1.165, 1.54) is 6.39 Å². The fourth-order valence-corrected chi connectivity index (χ4v) is 1.95. The van der Waals surface area contributed by atoms with E-state index in [9.17, 15) is 4.79 Å². The van der Waals surface area contributed by atoms with E-state index in [-0.39, 0.29) is 11.6 Å². The summed E-state index contributed by atoms with van der Waals surface area (Å²) in [6.07, 6.45) is 1.19. The van der Waals surface area contributed by atoms with E-state index < -0.39 is 5.91 Å². The minimum atomic E-state index is -0.464. The van der Waals surface area contributed by atoms with Crippen LogP contribution in [0.4, 0.5) is 5.69 Å². The van der Waals surface area contributed by atoms with Gasteiger partial charge in [-0.2, -0.15) is 0 Å². The van der Waals surface area contributed by atoms with Gasteiger partial charge in [-0.25, -0.2) is 4.98 Å². The van der Waals surface area contributed by atoms with Gasteiger partial charge in [0.05, 0.1) is 11.4 Å². The highest BCUT2D eigenvalue weighted by atomic mass is 79.9. The Labute approximate surface area is 122 Å². The number of carbonyl (C=O) groups excluding carboxylic acids is 1. The summed E-state index contributed by atoms with van der Waals surface area (Å²) >= 11 is 3.28. The van der Waals surface area contributed by atoms with Gasteiger partial charge in [-0.15, -0.1) is 0 Å². The number of benzene rings is 1. The average Bonchev–Trinajstić information content (AvgIpc) is 2.86. The Hall–Kier alpha value is -2.35. The van der Waals surface area contributed by atoms with Crippen LogP contribution in [0.3, 0.4) is 0 Å². The largest absolute Gasteiger partial charge is 0.438 e. The Bertz CT molecular complexity index is 681. The Kier molecular flexibility index (Phi) is 4.04. The zero-order chi connectivity index (χ0) is 14.7. The lowest BCUT2D eigenvalue weighted by Gasteiger charge is -2.09. The summed E-state index contributed by atoms with van der Waals surface area (Å²) in [6, 6.07) is 4.97. The van der Waals surface area contributed by atoms with E-state index in [2.05, 4.69) is 31.4 Å². The van der Waals surface area contributed by atoms with Crippen molar-refractivity contribution in [3.8, 4) is 0 Å². The topological polar surface area (TPSA) is 114 Å². The molecule has 8 heteroatoms. The van der Waals surface area contributed by atoms with E-state index in [4.69, 9.17) is 15.4 Å². The highest BCUT2D eigenvalue weighted by Crippen LogP contribution is 2.22. The van der Waals surface area contributed by atoms with Crippen LogP contribution in [0.15, 0.2) is 38.6 Å².